The average molecular weight is 376 g/mol. The highest BCUT2D eigenvalue weighted by atomic mass is 127. The van der Waals surface area contributed by atoms with Crippen molar-refractivity contribution in [3.8, 4) is 5.75 Å². The number of aromatic hydroxyl groups is 1. The molecule has 2 N–H and O–H groups in total. The van der Waals surface area contributed by atoms with Crippen LogP contribution in [0.5, 0.6) is 5.75 Å². The molecule has 0 spiro atoms. The zero-order valence-electron chi connectivity index (χ0n) is 8.89. The van der Waals surface area contributed by atoms with E-state index >= 15 is 0 Å². The number of phenols is 1. The van der Waals surface area contributed by atoms with Gasteiger partial charge in [-0.1, -0.05) is 11.6 Å². The number of nitrogens with zero attached hydrogens (tertiary/aromatic N) is 2. The molecule has 2 rings (SSSR count). The molecule has 7 heteroatoms. The van der Waals surface area contributed by atoms with Crippen molar-refractivity contribution in [1.82, 2.24) is 10.2 Å². The van der Waals surface area contributed by atoms with Gasteiger partial charge in [0.25, 0.3) is 5.91 Å². The van der Waals surface area contributed by atoms with Crippen LogP contribution in [0.1, 0.15) is 10.4 Å². The molecule has 0 fully saturated rings. The number of phenolic OH excluding ortho intramolecular Hbond substituents is 1. The summed E-state index contributed by atoms with van der Waals surface area (Å²) in [6.45, 7) is 0. The van der Waals surface area contributed by atoms with Crippen LogP contribution in [0.3, 0.4) is 0 Å². The second-order valence-corrected chi connectivity index (χ2v) is 4.99. The second kappa shape index (κ2) is 5.49. The number of amides is 1. The number of rotatable bonds is 2. The molecule has 1 aromatic carbocycles. The fraction of sp³-hybridized carbons (Fsp3) is 0. The van der Waals surface area contributed by atoms with Gasteiger partial charge in [-0.2, -0.15) is 0 Å². The van der Waals surface area contributed by atoms with Gasteiger partial charge in [0.1, 0.15) is 5.75 Å². The summed E-state index contributed by atoms with van der Waals surface area (Å²) in [5.41, 5.74) is 0.179. The lowest BCUT2D eigenvalue weighted by molar-refractivity contribution is 0.102. The first-order valence-electron chi connectivity index (χ1n) is 4.85. The normalized spacial score (nSPS) is 10.1. The molecule has 0 aliphatic heterocycles. The molecule has 1 aromatic heterocycles. The Morgan fingerprint density at radius 1 is 1.28 bits per heavy atom. The van der Waals surface area contributed by atoms with Crippen LogP contribution >= 0.6 is 34.2 Å². The highest BCUT2D eigenvalue weighted by Crippen LogP contribution is 2.20. The molecule has 92 valence electrons. The predicted octanol–water partition coefficient (Wildman–Crippen LogP) is 2.69. The maximum atomic E-state index is 11.9. The van der Waals surface area contributed by atoms with Gasteiger partial charge in [-0.25, -0.2) is 0 Å². The van der Waals surface area contributed by atoms with Crippen molar-refractivity contribution in [2.75, 3.05) is 5.32 Å². The quantitative estimate of drug-likeness (QED) is 0.792. The van der Waals surface area contributed by atoms with Crippen LogP contribution in [0.15, 0.2) is 30.3 Å². The van der Waals surface area contributed by atoms with Gasteiger partial charge in [-0.05, 0) is 52.9 Å². The Morgan fingerprint density at radius 2 is 2.06 bits per heavy atom. The van der Waals surface area contributed by atoms with E-state index in [-0.39, 0.29) is 22.3 Å². The minimum absolute atomic E-state index is 0.0881. The summed E-state index contributed by atoms with van der Waals surface area (Å²) in [6, 6.07) is 7.78. The highest BCUT2D eigenvalue weighted by molar-refractivity contribution is 14.1. The fourth-order valence-corrected chi connectivity index (χ4v) is 1.85. The average Bonchev–Trinajstić information content (AvgIpc) is 2.35. The molecule has 0 aliphatic carbocycles. The Kier molecular flexibility index (Phi) is 3.97. The van der Waals surface area contributed by atoms with Crippen molar-refractivity contribution in [3.63, 3.8) is 0 Å². The lowest BCUT2D eigenvalue weighted by Gasteiger charge is -2.06. The van der Waals surface area contributed by atoms with Crippen molar-refractivity contribution in [2.24, 2.45) is 0 Å². The maximum absolute atomic E-state index is 11.9. The summed E-state index contributed by atoms with van der Waals surface area (Å²) in [5, 5.41) is 19.7. The van der Waals surface area contributed by atoms with Gasteiger partial charge in [0.05, 0.1) is 5.56 Å². The van der Waals surface area contributed by atoms with E-state index in [1.54, 1.807) is 12.1 Å². The zero-order valence-corrected chi connectivity index (χ0v) is 11.8. The molecule has 2 aromatic rings. The van der Waals surface area contributed by atoms with Crippen molar-refractivity contribution >= 4 is 45.9 Å². The summed E-state index contributed by atoms with van der Waals surface area (Å²) in [4.78, 5) is 11.9. The van der Waals surface area contributed by atoms with Crippen LogP contribution in [-0.2, 0) is 0 Å². The second-order valence-electron chi connectivity index (χ2n) is 3.36. The number of nitrogens with one attached hydrogen (secondary N) is 1. The van der Waals surface area contributed by atoms with Crippen molar-refractivity contribution < 1.29 is 9.90 Å². The molecule has 1 heterocycles. The number of carbonyl (C=O) groups is 1. The van der Waals surface area contributed by atoms with Gasteiger partial charge in [0, 0.05) is 3.57 Å². The third-order valence-electron chi connectivity index (χ3n) is 2.08. The molecule has 0 saturated carbocycles. The summed E-state index contributed by atoms with van der Waals surface area (Å²) >= 11 is 7.64. The molecule has 0 aliphatic rings. The first kappa shape index (κ1) is 13.0. The van der Waals surface area contributed by atoms with Gasteiger partial charge < -0.3 is 10.4 Å². The van der Waals surface area contributed by atoms with E-state index in [1.165, 1.54) is 18.2 Å². The van der Waals surface area contributed by atoms with E-state index in [9.17, 15) is 9.90 Å². The minimum atomic E-state index is -0.456. The van der Waals surface area contributed by atoms with Crippen molar-refractivity contribution in [1.29, 1.82) is 0 Å². The molecule has 0 saturated heterocycles. The molecule has 1 amide bonds. The Balaban J connectivity index is 2.21. The third kappa shape index (κ3) is 3.08. The van der Waals surface area contributed by atoms with Gasteiger partial charge in [0.15, 0.2) is 11.0 Å². The summed E-state index contributed by atoms with van der Waals surface area (Å²) < 4.78 is 0.845. The van der Waals surface area contributed by atoms with E-state index in [4.69, 9.17) is 11.6 Å². The van der Waals surface area contributed by atoms with Crippen LogP contribution in [-0.4, -0.2) is 21.2 Å². The monoisotopic (exact) mass is 375 g/mol. The molecular formula is C11H7ClIN3O2. The molecule has 5 nitrogen and oxygen atoms in total. The Morgan fingerprint density at radius 3 is 2.72 bits per heavy atom. The fourth-order valence-electron chi connectivity index (χ4n) is 1.26. The largest absolute Gasteiger partial charge is 0.507 e. The minimum Gasteiger partial charge on any atom is -0.507 e. The topological polar surface area (TPSA) is 75.1 Å². The number of halogens is 2. The lowest BCUT2D eigenvalue weighted by Crippen LogP contribution is -2.13. The summed E-state index contributed by atoms with van der Waals surface area (Å²) in [6.07, 6.45) is 0. The zero-order chi connectivity index (χ0) is 13.1. The SMILES string of the molecule is O=C(Nc1ccc(Cl)nn1)c1cc(I)ccc1O. The van der Waals surface area contributed by atoms with Gasteiger partial charge in [-0.3, -0.25) is 4.79 Å². The molecule has 0 atom stereocenters. The van der Waals surface area contributed by atoms with Crippen LogP contribution in [0.2, 0.25) is 5.15 Å². The number of anilines is 1. The number of carbonyl (C=O) groups excluding carboxylic acids is 1. The van der Waals surface area contributed by atoms with Crippen LogP contribution in [0, 0.1) is 3.57 Å². The molecule has 0 bridgehead atoms. The third-order valence-corrected chi connectivity index (χ3v) is 2.95. The number of benzene rings is 1. The Labute approximate surface area is 121 Å². The van der Waals surface area contributed by atoms with Crippen molar-refractivity contribution in [3.05, 3.63) is 44.6 Å². The van der Waals surface area contributed by atoms with Gasteiger partial charge in [0.2, 0.25) is 0 Å². The highest BCUT2D eigenvalue weighted by Gasteiger charge is 2.12. The van der Waals surface area contributed by atoms with E-state index in [0.29, 0.717) is 0 Å². The molecule has 0 unspecified atom stereocenters. The van der Waals surface area contributed by atoms with Crippen LogP contribution in [0.25, 0.3) is 0 Å². The summed E-state index contributed by atoms with van der Waals surface area (Å²) in [5.74, 6) is -0.278. The van der Waals surface area contributed by atoms with Gasteiger partial charge >= 0.3 is 0 Å². The lowest BCUT2D eigenvalue weighted by atomic mass is 10.2. The van der Waals surface area contributed by atoms with E-state index in [0.717, 1.165) is 3.57 Å². The van der Waals surface area contributed by atoms with E-state index in [2.05, 4.69) is 38.1 Å². The van der Waals surface area contributed by atoms with E-state index in [1.807, 2.05) is 0 Å². The smallest absolute Gasteiger partial charge is 0.260 e. The predicted molar refractivity (Wildman–Crippen MR) is 75.8 cm³/mol. The molecule has 0 radical (unpaired) electrons. The van der Waals surface area contributed by atoms with Crippen LogP contribution < -0.4 is 5.32 Å². The summed E-state index contributed by atoms with van der Waals surface area (Å²) in [7, 11) is 0. The van der Waals surface area contributed by atoms with Crippen molar-refractivity contribution in [2.45, 2.75) is 0 Å². The van der Waals surface area contributed by atoms with E-state index < -0.39 is 5.91 Å². The standard InChI is InChI=1S/C11H7ClIN3O2/c12-9-3-4-10(16-15-9)14-11(18)7-5-6(13)1-2-8(7)17/h1-5,17H,(H,14,16,18). The Hall–Kier alpha value is -1.41. The molecule has 18 heavy (non-hydrogen) atoms. The molecular weight excluding hydrogens is 368 g/mol. The maximum Gasteiger partial charge on any atom is 0.260 e. The first-order chi connectivity index (χ1) is 8.56. The first-order valence-corrected chi connectivity index (χ1v) is 6.31. The number of hydrogen-bond acceptors (Lipinski definition) is 4. The number of aromatic nitrogens is 2. The van der Waals surface area contributed by atoms with Crippen LogP contribution in [0.4, 0.5) is 5.82 Å². The van der Waals surface area contributed by atoms with Gasteiger partial charge in [-0.15, -0.1) is 10.2 Å². The Bertz CT molecular complexity index is 589. The number of hydrogen-bond donors (Lipinski definition) is 2.